The van der Waals surface area contributed by atoms with Crippen molar-refractivity contribution in [3.63, 3.8) is 0 Å². The molecule has 0 aliphatic rings. The van der Waals surface area contributed by atoms with Crippen molar-refractivity contribution >= 4 is 5.91 Å². The summed E-state index contributed by atoms with van der Waals surface area (Å²) in [6, 6.07) is -0.0426. The summed E-state index contributed by atoms with van der Waals surface area (Å²) in [5, 5.41) is 14.3. The van der Waals surface area contributed by atoms with E-state index < -0.39 is 0 Å². The Morgan fingerprint density at radius 3 is 2.71 bits per heavy atom. The summed E-state index contributed by atoms with van der Waals surface area (Å²) in [6.45, 7) is 3.65. The van der Waals surface area contributed by atoms with E-state index in [1.54, 1.807) is 0 Å². The van der Waals surface area contributed by atoms with Gasteiger partial charge in [0.15, 0.2) is 0 Å². The molecule has 84 valence electrons. The normalized spacial score (nSPS) is 12.5. The third-order valence-corrected chi connectivity index (χ3v) is 1.83. The summed E-state index contributed by atoms with van der Waals surface area (Å²) in [7, 11) is 0. The zero-order valence-corrected chi connectivity index (χ0v) is 8.75. The summed E-state index contributed by atoms with van der Waals surface area (Å²) >= 11 is 0. The monoisotopic (exact) mass is 203 g/mol. The van der Waals surface area contributed by atoms with Gasteiger partial charge in [-0.3, -0.25) is 4.79 Å². The maximum absolute atomic E-state index is 11.3. The molecule has 0 saturated heterocycles. The van der Waals surface area contributed by atoms with Crippen LogP contribution in [0.3, 0.4) is 0 Å². The molecular formula is C9H21N3O2. The van der Waals surface area contributed by atoms with Crippen molar-refractivity contribution in [3.8, 4) is 0 Å². The fourth-order valence-corrected chi connectivity index (χ4v) is 1.07. The number of carbonyl (C=O) groups is 1. The highest BCUT2D eigenvalue weighted by molar-refractivity contribution is 5.76. The Morgan fingerprint density at radius 2 is 2.21 bits per heavy atom. The molecule has 0 radical (unpaired) electrons. The maximum Gasteiger partial charge on any atom is 0.221 e. The van der Waals surface area contributed by atoms with Gasteiger partial charge in [0.1, 0.15) is 0 Å². The highest BCUT2D eigenvalue weighted by Crippen LogP contribution is 1.89. The lowest BCUT2D eigenvalue weighted by Crippen LogP contribution is -2.41. The first-order valence-electron chi connectivity index (χ1n) is 5.05. The predicted molar refractivity (Wildman–Crippen MR) is 55.8 cm³/mol. The highest BCUT2D eigenvalue weighted by atomic mass is 16.3. The molecular weight excluding hydrogens is 182 g/mol. The first kappa shape index (κ1) is 13.4. The van der Waals surface area contributed by atoms with Crippen molar-refractivity contribution in [2.45, 2.75) is 25.8 Å². The van der Waals surface area contributed by atoms with Crippen LogP contribution in [0.1, 0.15) is 19.8 Å². The fraction of sp³-hybridized carbons (Fsp3) is 0.889. The van der Waals surface area contributed by atoms with E-state index in [1.165, 1.54) is 0 Å². The minimum Gasteiger partial charge on any atom is -0.395 e. The summed E-state index contributed by atoms with van der Waals surface area (Å²) in [5.41, 5.74) is 5.47. The summed E-state index contributed by atoms with van der Waals surface area (Å²) in [5.74, 6) is 0.00717. The molecule has 1 unspecified atom stereocenters. The molecule has 0 aliphatic carbocycles. The van der Waals surface area contributed by atoms with Crippen molar-refractivity contribution in [2.24, 2.45) is 5.73 Å². The van der Waals surface area contributed by atoms with Crippen LogP contribution in [0.25, 0.3) is 0 Å². The first-order valence-corrected chi connectivity index (χ1v) is 5.05. The summed E-state index contributed by atoms with van der Waals surface area (Å²) < 4.78 is 0. The van der Waals surface area contributed by atoms with E-state index in [1.807, 2.05) is 6.92 Å². The van der Waals surface area contributed by atoms with E-state index in [-0.39, 0.29) is 18.6 Å². The Bertz CT molecular complexity index is 153. The Labute approximate surface area is 85.1 Å². The second-order valence-electron chi connectivity index (χ2n) is 3.16. The quantitative estimate of drug-likeness (QED) is 0.399. The molecule has 1 atom stereocenters. The van der Waals surface area contributed by atoms with E-state index in [0.717, 1.165) is 6.42 Å². The van der Waals surface area contributed by atoms with Crippen molar-refractivity contribution in [3.05, 3.63) is 0 Å². The lowest BCUT2D eigenvalue weighted by atomic mass is 10.2. The Kier molecular flexibility index (Phi) is 8.51. The van der Waals surface area contributed by atoms with Gasteiger partial charge in [0.05, 0.1) is 6.61 Å². The lowest BCUT2D eigenvalue weighted by Gasteiger charge is -2.15. The number of hydrogen-bond donors (Lipinski definition) is 4. The number of hydrogen-bond acceptors (Lipinski definition) is 4. The third kappa shape index (κ3) is 6.82. The predicted octanol–water partition coefficient (Wildman–Crippen LogP) is -1.19. The van der Waals surface area contributed by atoms with Crippen molar-refractivity contribution in [1.29, 1.82) is 0 Å². The Hall–Kier alpha value is -0.650. The number of amides is 1. The number of aliphatic hydroxyl groups is 1. The number of aliphatic hydroxyl groups excluding tert-OH is 1. The van der Waals surface area contributed by atoms with Gasteiger partial charge in [0, 0.05) is 32.1 Å². The molecule has 5 nitrogen and oxygen atoms in total. The molecule has 0 aliphatic heterocycles. The molecule has 0 heterocycles. The van der Waals surface area contributed by atoms with Crippen LogP contribution in [0.5, 0.6) is 0 Å². The largest absolute Gasteiger partial charge is 0.395 e. The molecule has 0 rings (SSSR count). The van der Waals surface area contributed by atoms with Crippen LogP contribution in [0, 0.1) is 0 Å². The van der Waals surface area contributed by atoms with Gasteiger partial charge in [-0.15, -0.1) is 0 Å². The Balaban J connectivity index is 3.62. The molecule has 5 N–H and O–H groups in total. The number of nitrogens with one attached hydrogen (secondary N) is 2. The van der Waals surface area contributed by atoms with Gasteiger partial charge in [-0.1, -0.05) is 6.92 Å². The van der Waals surface area contributed by atoms with Gasteiger partial charge in [0.25, 0.3) is 0 Å². The van der Waals surface area contributed by atoms with Crippen LogP contribution in [0.4, 0.5) is 0 Å². The van der Waals surface area contributed by atoms with Gasteiger partial charge in [-0.05, 0) is 6.42 Å². The van der Waals surface area contributed by atoms with Crippen LogP contribution < -0.4 is 16.4 Å². The van der Waals surface area contributed by atoms with Gasteiger partial charge >= 0.3 is 0 Å². The van der Waals surface area contributed by atoms with Gasteiger partial charge < -0.3 is 21.5 Å². The topological polar surface area (TPSA) is 87.4 Å². The second-order valence-corrected chi connectivity index (χ2v) is 3.16. The van der Waals surface area contributed by atoms with E-state index >= 15 is 0 Å². The molecule has 0 aromatic heterocycles. The van der Waals surface area contributed by atoms with E-state index in [4.69, 9.17) is 10.8 Å². The van der Waals surface area contributed by atoms with Crippen LogP contribution in [-0.2, 0) is 4.79 Å². The summed E-state index contributed by atoms with van der Waals surface area (Å²) in [4.78, 5) is 11.3. The zero-order valence-electron chi connectivity index (χ0n) is 8.75. The van der Waals surface area contributed by atoms with Gasteiger partial charge in [-0.2, -0.15) is 0 Å². The molecule has 5 heteroatoms. The van der Waals surface area contributed by atoms with E-state index in [9.17, 15) is 4.79 Å². The van der Waals surface area contributed by atoms with Crippen LogP contribution in [0.2, 0.25) is 0 Å². The average molecular weight is 203 g/mol. The van der Waals surface area contributed by atoms with Crippen molar-refractivity contribution in [1.82, 2.24) is 10.6 Å². The molecule has 0 spiro atoms. The zero-order chi connectivity index (χ0) is 10.8. The number of carbonyl (C=O) groups excluding carboxylic acids is 1. The standard InChI is InChI=1S/C9H21N3O2/c1-2-3-12-9(14)6-8(7-10)11-4-5-13/h8,11,13H,2-7,10H2,1H3,(H,12,14). The number of rotatable bonds is 8. The molecule has 0 fully saturated rings. The molecule has 0 saturated carbocycles. The molecule has 0 aromatic carbocycles. The van der Waals surface area contributed by atoms with Crippen LogP contribution in [-0.4, -0.2) is 43.3 Å². The average Bonchev–Trinajstić information content (AvgIpc) is 2.21. The van der Waals surface area contributed by atoms with Gasteiger partial charge in [0.2, 0.25) is 5.91 Å². The molecule has 14 heavy (non-hydrogen) atoms. The number of nitrogens with two attached hydrogens (primary N) is 1. The smallest absolute Gasteiger partial charge is 0.221 e. The fourth-order valence-electron chi connectivity index (χ4n) is 1.07. The first-order chi connectivity index (χ1) is 6.74. The van der Waals surface area contributed by atoms with Crippen molar-refractivity contribution < 1.29 is 9.90 Å². The minimum absolute atomic E-state index is 0.00717. The van der Waals surface area contributed by atoms with Crippen LogP contribution >= 0.6 is 0 Å². The van der Waals surface area contributed by atoms with Gasteiger partial charge in [-0.25, -0.2) is 0 Å². The second kappa shape index (κ2) is 8.93. The summed E-state index contributed by atoms with van der Waals surface area (Å²) in [6.07, 6.45) is 1.31. The van der Waals surface area contributed by atoms with E-state index in [2.05, 4.69) is 10.6 Å². The highest BCUT2D eigenvalue weighted by Gasteiger charge is 2.10. The molecule has 0 bridgehead atoms. The molecule has 0 aromatic rings. The van der Waals surface area contributed by atoms with E-state index in [0.29, 0.717) is 26.1 Å². The lowest BCUT2D eigenvalue weighted by molar-refractivity contribution is -0.121. The molecule has 1 amide bonds. The van der Waals surface area contributed by atoms with Crippen LogP contribution in [0.15, 0.2) is 0 Å². The maximum atomic E-state index is 11.3. The third-order valence-electron chi connectivity index (χ3n) is 1.83. The van der Waals surface area contributed by atoms with Crippen molar-refractivity contribution in [2.75, 3.05) is 26.2 Å². The minimum atomic E-state index is -0.0426. The SMILES string of the molecule is CCCNC(=O)CC(CN)NCCO. The Morgan fingerprint density at radius 1 is 1.50 bits per heavy atom.